The second-order valence-corrected chi connectivity index (χ2v) is 4.92. The van der Waals surface area contributed by atoms with Crippen LogP contribution in [-0.4, -0.2) is 27.0 Å². The summed E-state index contributed by atoms with van der Waals surface area (Å²) in [5.41, 5.74) is 6.86. The van der Waals surface area contributed by atoms with Gasteiger partial charge in [0.05, 0.1) is 12.4 Å². The third-order valence-corrected chi connectivity index (χ3v) is 3.06. The molecule has 2 heterocycles. The molecule has 0 bridgehead atoms. The van der Waals surface area contributed by atoms with Gasteiger partial charge in [-0.05, 0) is 25.4 Å². The van der Waals surface area contributed by atoms with Crippen molar-refractivity contribution in [2.75, 3.05) is 17.6 Å². The highest BCUT2D eigenvalue weighted by molar-refractivity contribution is 7.11. The van der Waals surface area contributed by atoms with Crippen LogP contribution in [0.5, 0.6) is 5.75 Å². The summed E-state index contributed by atoms with van der Waals surface area (Å²) in [6, 6.07) is 0. The smallest absolute Gasteiger partial charge is 0.197 e. The van der Waals surface area contributed by atoms with Crippen molar-refractivity contribution in [2.24, 2.45) is 0 Å². The molecule has 0 aliphatic rings. The third-order valence-electron chi connectivity index (χ3n) is 2.26. The van der Waals surface area contributed by atoms with Crippen LogP contribution in [-0.2, 0) is 6.42 Å². The zero-order chi connectivity index (χ0) is 13.0. The molecule has 0 aliphatic carbocycles. The van der Waals surface area contributed by atoms with Gasteiger partial charge in [0.25, 0.3) is 0 Å². The molecule has 0 atom stereocenters. The number of nitrogens with one attached hydrogen (secondary N) is 2. The van der Waals surface area contributed by atoms with Gasteiger partial charge < -0.3 is 20.8 Å². The number of H-pyrrole nitrogens is 1. The Morgan fingerprint density at radius 3 is 3.06 bits per heavy atom. The molecule has 98 valence electrons. The number of aromatic amines is 1. The standard InChI is InChI=1S/C11H17N5OS/c1-7(2)17-9-10(12)16-18-11(9)14-4-3-8-5-13-6-15-8/h5-7,14H,3-4H2,1-2H3,(H2,12,16)(H,13,15). The average molecular weight is 267 g/mol. The fourth-order valence-corrected chi connectivity index (χ4v) is 2.16. The van der Waals surface area contributed by atoms with Gasteiger partial charge >= 0.3 is 0 Å². The summed E-state index contributed by atoms with van der Waals surface area (Å²) in [4.78, 5) is 7.03. The minimum absolute atomic E-state index is 0.0804. The highest BCUT2D eigenvalue weighted by atomic mass is 32.1. The number of hydrogen-bond donors (Lipinski definition) is 3. The molecular formula is C11H17N5OS. The molecule has 2 aromatic rings. The molecule has 0 saturated carbocycles. The van der Waals surface area contributed by atoms with Gasteiger partial charge in [-0.3, -0.25) is 0 Å². The van der Waals surface area contributed by atoms with Crippen LogP contribution in [0.3, 0.4) is 0 Å². The number of imidazole rings is 1. The lowest BCUT2D eigenvalue weighted by Crippen LogP contribution is -2.10. The predicted octanol–water partition coefficient (Wildman–Crippen LogP) is 1.89. The number of nitrogen functional groups attached to an aromatic ring is 1. The van der Waals surface area contributed by atoms with E-state index in [0.29, 0.717) is 11.6 Å². The Morgan fingerprint density at radius 1 is 1.56 bits per heavy atom. The molecule has 7 heteroatoms. The summed E-state index contributed by atoms with van der Waals surface area (Å²) >= 11 is 1.32. The largest absolute Gasteiger partial charge is 0.484 e. The highest BCUT2D eigenvalue weighted by Crippen LogP contribution is 2.35. The zero-order valence-electron chi connectivity index (χ0n) is 10.4. The van der Waals surface area contributed by atoms with E-state index in [1.807, 2.05) is 20.0 Å². The second-order valence-electron chi connectivity index (χ2n) is 4.15. The number of nitrogens with zero attached hydrogens (tertiary/aromatic N) is 2. The van der Waals surface area contributed by atoms with E-state index in [1.165, 1.54) is 11.5 Å². The molecule has 0 fully saturated rings. The summed E-state index contributed by atoms with van der Waals surface area (Å²) < 4.78 is 9.74. The van der Waals surface area contributed by atoms with Gasteiger partial charge in [0.2, 0.25) is 0 Å². The molecule has 2 rings (SSSR count). The molecule has 0 amide bonds. The molecule has 0 saturated heterocycles. The fraction of sp³-hybridized carbons (Fsp3) is 0.455. The molecule has 2 aromatic heterocycles. The van der Waals surface area contributed by atoms with E-state index in [9.17, 15) is 0 Å². The Bertz CT molecular complexity index is 480. The van der Waals surface area contributed by atoms with Crippen LogP contribution in [0.2, 0.25) is 0 Å². The first-order valence-electron chi connectivity index (χ1n) is 5.79. The summed E-state index contributed by atoms with van der Waals surface area (Å²) in [7, 11) is 0. The van der Waals surface area contributed by atoms with Gasteiger partial charge in [0, 0.05) is 24.9 Å². The molecule has 0 aromatic carbocycles. The van der Waals surface area contributed by atoms with E-state index in [1.54, 1.807) is 6.33 Å². The minimum Gasteiger partial charge on any atom is -0.484 e. The topological polar surface area (TPSA) is 88.8 Å². The van der Waals surface area contributed by atoms with Crippen molar-refractivity contribution in [3.63, 3.8) is 0 Å². The van der Waals surface area contributed by atoms with Crippen molar-refractivity contribution in [1.29, 1.82) is 0 Å². The van der Waals surface area contributed by atoms with Crippen molar-refractivity contribution in [1.82, 2.24) is 14.3 Å². The van der Waals surface area contributed by atoms with Crippen LogP contribution in [0.25, 0.3) is 0 Å². The van der Waals surface area contributed by atoms with E-state index in [0.717, 1.165) is 23.7 Å². The lowest BCUT2D eigenvalue weighted by Gasteiger charge is -2.11. The van der Waals surface area contributed by atoms with Crippen LogP contribution in [0.1, 0.15) is 19.5 Å². The maximum absolute atomic E-state index is 5.77. The Kier molecular flexibility index (Phi) is 4.03. The van der Waals surface area contributed by atoms with Crippen molar-refractivity contribution >= 4 is 22.4 Å². The molecule has 0 radical (unpaired) electrons. The van der Waals surface area contributed by atoms with E-state index in [4.69, 9.17) is 10.5 Å². The highest BCUT2D eigenvalue weighted by Gasteiger charge is 2.13. The summed E-state index contributed by atoms with van der Waals surface area (Å²) in [6.07, 6.45) is 4.43. The first-order chi connectivity index (χ1) is 8.66. The van der Waals surface area contributed by atoms with Crippen LogP contribution >= 0.6 is 11.5 Å². The lowest BCUT2D eigenvalue weighted by atomic mass is 10.3. The molecule has 6 nitrogen and oxygen atoms in total. The molecular weight excluding hydrogens is 250 g/mol. The Balaban J connectivity index is 1.92. The van der Waals surface area contributed by atoms with Gasteiger partial charge in [0.1, 0.15) is 0 Å². The first kappa shape index (κ1) is 12.7. The summed E-state index contributed by atoms with van der Waals surface area (Å²) in [5, 5.41) is 4.16. The Labute approximate surface area is 110 Å². The van der Waals surface area contributed by atoms with Crippen LogP contribution < -0.4 is 15.8 Å². The number of nitrogens with two attached hydrogens (primary N) is 1. The summed E-state index contributed by atoms with van der Waals surface area (Å²) in [5.74, 6) is 1.09. The predicted molar refractivity (Wildman–Crippen MR) is 73.1 cm³/mol. The maximum Gasteiger partial charge on any atom is 0.197 e. The zero-order valence-corrected chi connectivity index (χ0v) is 11.3. The fourth-order valence-electron chi connectivity index (χ4n) is 1.49. The monoisotopic (exact) mass is 267 g/mol. The van der Waals surface area contributed by atoms with E-state index < -0.39 is 0 Å². The van der Waals surface area contributed by atoms with Crippen LogP contribution in [0.4, 0.5) is 10.8 Å². The molecule has 0 aliphatic heterocycles. The maximum atomic E-state index is 5.77. The number of hydrogen-bond acceptors (Lipinski definition) is 6. The normalized spacial score (nSPS) is 10.8. The van der Waals surface area contributed by atoms with Crippen LogP contribution in [0.15, 0.2) is 12.5 Å². The van der Waals surface area contributed by atoms with Crippen molar-refractivity contribution in [3.05, 3.63) is 18.2 Å². The second kappa shape index (κ2) is 5.72. The minimum atomic E-state index is 0.0804. The number of rotatable bonds is 6. The molecule has 4 N–H and O–H groups in total. The third kappa shape index (κ3) is 3.13. The van der Waals surface area contributed by atoms with E-state index in [-0.39, 0.29) is 6.10 Å². The molecule has 0 spiro atoms. The van der Waals surface area contributed by atoms with Crippen molar-refractivity contribution in [3.8, 4) is 5.75 Å². The van der Waals surface area contributed by atoms with Gasteiger partial charge in [-0.25, -0.2) is 4.98 Å². The SMILES string of the molecule is CC(C)Oc1c(N)nsc1NCCc1cnc[nH]1. The van der Waals surface area contributed by atoms with Gasteiger partial charge in [-0.2, -0.15) is 4.37 Å². The number of anilines is 2. The average Bonchev–Trinajstić information content (AvgIpc) is 2.93. The quantitative estimate of drug-likeness (QED) is 0.743. The Hall–Kier alpha value is -1.76. The molecule has 0 unspecified atom stereocenters. The van der Waals surface area contributed by atoms with Crippen molar-refractivity contribution < 1.29 is 4.74 Å². The lowest BCUT2D eigenvalue weighted by molar-refractivity contribution is 0.245. The van der Waals surface area contributed by atoms with Gasteiger partial charge in [-0.1, -0.05) is 0 Å². The summed E-state index contributed by atoms with van der Waals surface area (Å²) in [6.45, 7) is 4.70. The number of ether oxygens (including phenoxy) is 1. The molecule has 18 heavy (non-hydrogen) atoms. The van der Waals surface area contributed by atoms with E-state index >= 15 is 0 Å². The van der Waals surface area contributed by atoms with Gasteiger partial charge in [-0.15, -0.1) is 0 Å². The number of aromatic nitrogens is 3. The Morgan fingerprint density at radius 2 is 2.39 bits per heavy atom. The van der Waals surface area contributed by atoms with Gasteiger partial charge in [0.15, 0.2) is 16.6 Å². The van der Waals surface area contributed by atoms with Crippen molar-refractivity contribution in [2.45, 2.75) is 26.4 Å². The first-order valence-corrected chi connectivity index (χ1v) is 6.57. The van der Waals surface area contributed by atoms with Crippen LogP contribution in [0, 0.1) is 0 Å². The van der Waals surface area contributed by atoms with E-state index in [2.05, 4.69) is 19.7 Å².